The summed E-state index contributed by atoms with van der Waals surface area (Å²) in [4.78, 5) is 0.646. The number of rotatable bonds is 3. The van der Waals surface area contributed by atoms with Crippen molar-refractivity contribution in [3.63, 3.8) is 0 Å². The molecule has 2 aromatic rings. The van der Waals surface area contributed by atoms with E-state index in [1.807, 2.05) is 11.8 Å². The van der Waals surface area contributed by atoms with E-state index in [1.165, 1.54) is 28.1 Å². The SMILES string of the molecule is CCn1nc(CC2CSCC2Br)c2ccccc21. The summed E-state index contributed by atoms with van der Waals surface area (Å²) in [5.41, 5.74) is 2.54. The zero-order chi connectivity index (χ0) is 12.5. The highest BCUT2D eigenvalue weighted by Crippen LogP contribution is 2.33. The van der Waals surface area contributed by atoms with Gasteiger partial charge in [-0.2, -0.15) is 16.9 Å². The van der Waals surface area contributed by atoms with E-state index in [0.717, 1.165) is 18.9 Å². The van der Waals surface area contributed by atoms with Crippen LogP contribution >= 0.6 is 27.7 Å². The van der Waals surface area contributed by atoms with E-state index in [0.29, 0.717) is 4.83 Å². The number of para-hydroxylation sites is 1. The fraction of sp³-hybridized carbons (Fsp3) is 0.500. The number of fused-ring (bicyclic) bond motifs is 1. The number of aryl methyl sites for hydroxylation is 1. The number of thioether (sulfide) groups is 1. The van der Waals surface area contributed by atoms with Gasteiger partial charge in [0.2, 0.25) is 0 Å². The maximum absolute atomic E-state index is 4.79. The number of alkyl halides is 1. The van der Waals surface area contributed by atoms with E-state index in [9.17, 15) is 0 Å². The first kappa shape index (κ1) is 12.5. The van der Waals surface area contributed by atoms with Crippen LogP contribution in [-0.2, 0) is 13.0 Å². The second-order valence-corrected chi connectivity index (χ2v) is 7.05. The number of aromatic nitrogens is 2. The molecule has 0 amide bonds. The zero-order valence-corrected chi connectivity index (χ0v) is 12.9. The molecule has 0 saturated carbocycles. The van der Waals surface area contributed by atoms with E-state index in [2.05, 4.69) is 51.8 Å². The highest BCUT2D eigenvalue weighted by atomic mass is 79.9. The molecule has 0 aliphatic carbocycles. The lowest BCUT2D eigenvalue weighted by atomic mass is 10.0. The third-order valence-electron chi connectivity index (χ3n) is 3.61. The van der Waals surface area contributed by atoms with Gasteiger partial charge in [0, 0.05) is 22.5 Å². The van der Waals surface area contributed by atoms with Crippen molar-refractivity contribution in [2.75, 3.05) is 11.5 Å². The molecule has 2 nitrogen and oxygen atoms in total. The molecule has 1 aliphatic rings. The number of hydrogen-bond donors (Lipinski definition) is 0. The molecule has 18 heavy (non-hydrogen) atoms. The lowest BCUT2D eigenvalue weighted by Crippen LogP contribution is -2.14. The summed E-state index contributed by atoms with van der Waals surface area (Å²) in [5, 5.41) is 6.12. The largest absolute Gasteiger partial charge is 0.265 e. The van der Waals surface area contributed by atoms with Gasteiger partial charge in [0.05, 0.1) is 11.2 Å². The highest BCUT2D eigenvalue weighted by molar-refractivity contribution is 9.09. The number of benzene rings is 1. The molecular weight excluding hydrogens is 308 g/mol. The normalized spacial score (nSPS) is 23.9. The molecule has 0 spiro atoms. The van der Waals surface area contributed by atoms with Crippen molar-refractivity contribution < 1.29 is 0 Å². The van der Waals surface area contributed by atoms with E-state index >= 15 is 0 Å². The molecule has 0 radical (unpaired) electrons. The van der Waals surface area contributed by atoms with Crippen molar-refractivity contribution in [2.24, 2.45) is 5.92 Å². The van der Waals surface area contributed by atoms with Crippen molar-refractivity contribution in [3.8, 4) is 0 Å². The molecule has 1 aliphatic heterocycles. The molecule has 1 aromatic carbocycles. The molecule has 0 bridgehead atoms. The van der Waals surface area contributed by atoms with Gasteiger partial charge in [0.1, 0.15) is 0 Å². The van der Waals surface area contributed by atoms with E-state index in [4.69, 9.17) is 5.10 Å². The Morgan fingerprint density at radius 2 is 2.22 bits per heavy atom. The van der Waals surface area contributed by atoms with Crippen LogP contribution in [0.5, 0.6) is 0 Å². The van der Waals surface area contributed by atoms with Crippen molar-refractivity contribution in [3.05, 3.63) is 30.0 Å². The molecule has 2 heterocycles. The van der Waals surface area contributed by atoms with Crippen molar-refractivity contribution >= 4 is 38.6 Å². The standard InChI is InChI=1S/C14H17BrN2S/c1-2-17-14-6-4-3-5-11(14)13(16-17)7-10-8-18-9-12(10)15/h3-6,10,12H,2,7-9H2,1H3. The Hall–Kier alpha value is -0.480. The average molecular weight is 325 g/mol. The third kappa shape index (κ3) is 2.21. The van der Waals surface area contributed by atoms with E-state index < -0.39 is 0 Å². The quantitative estimate of drug-likeness (QED) is 0.801. The van der Waals surface area contributed by atoms with Crippen molar-refractivity contribution in [1.29, 1.82) is 0 Å². The molecule has 1 fully saturated rings. The molecular formula is C14H17BrN2S. The van der Waals surface area contributed by atoms with Gasteiger partial charge in [-0.1, -0.05) is 34.1 Å². The van der Waals surface area contributed by atoms with Crippen LogP contribution in [0.4, 0.5) is 0 Å². The van der Waals surface area contributed by atoms with Gasteiger partial charge >= 0.3 is 0 Å². The van der Waals surface area contributed by atoms with E-state index in [1.54, 1.807) is 0 Å². The van der Waals surface area contributed by atoms with Crippen molar-refractivity contribution in [1.82, 2.24) is 9.78 Å². The average Bonchev–Trinajstić information content (AvgIpc) is 2.95. The lowest BCUT2D eigenvalue weighted by Gasteiger charge is -2.10. The minimum Gasteiger partial charge on any atom is -0.265 e. The molecule has 96 valence electrons. The molecule has 1 saturated heterocycles. The van der Waals surface area contributed by atoms with Crippen LogP contribution in [0.15, 0.2) is 24.3 Å². The Morgan fingerprint density at radius 3 is 2.94 bits per heavy atom. The van der Waals surface area contributed by atoms with Gasteiger partial charge in [0.25, 0.3) is 0 Å². The maximum atomic E-state index is 4.79. The summed E-state index contributed by atoms with van der Waals surface area (Å²) in [6.45, 7) is 3.10. The predicted octanol–water partition coefficient (Wildman–Crippen LogP) is 3.73. The highest BCUT2D eigenvalue weighted by Gasteiger charge is 2.27. The second kappa shape index (κ2) is 5.25. The summed E-state index contributed by atoms with van der Waals surface area (Å²) in [7, 11) is 0. The summed E-state index contributed by atoms with van der Waals surface area (Å²) >= 11 is 5.84. The summed E-state index contributed by atoms with van der Waals surface area (Å²) in [6, 6.07) is 8.58. The fourth-order valence-corrected chi connectivity index (χ4v) is 5.06. The van der Waals surface area contributed by atoms with Crippen LogP contribution in [-0.4, -0.2) is 26.1 Å². The minimum atomic E-state index is 0.646. The Labute approximate surface area is 120 Å². The number of nitrogens with zero attached hydrogens (tertiary/aromatic N) is 2. The molecule has 3 rings (SSSR count). The van der Waals surface area contributed by atoms with Gasteiger partial charge in [-0.25, -0.2) is 0 Å². The van der Waals surface area contributed by atoms with Gasteiger partial charge < -0.3 is 0 Å². The number of hydrogen-bond acceptors (Lipinski definition) is 2. The van der Waals surface area contributed by atoms with Gasteiger partial charge in [0.15, 0.2) is 0 Å². The predicted molar refractivity (Wildman–Crippen MR) is 82.6 cm³/mol. The molecule has 4 heteroatoms. The van der Waals surface area contributed by atoms with Gasteiger partial charge in [-0.15, -0.1) is 0 Å². The van der Waals surface area contributed by atoms with Gasteiger partial charge in [-0.3, -0.25) is 4.68 Å². The maximum Gasteiger partial charge on any atom is 0.0706 e. The minimum absolute atomic E-state index is 0.646. The summed E-state index contributed by atoms with van der Waals surface area (Å²) < 4.78 is 2.12. The monoisotopic (exact) mass is 324 g/mol. The van der Waals surface area contributed by atoms with Crippen molar-refractivity contribution in [2.45, 2.75) is 24.7 Å². The number of halogens is 1. The van der Waals surface area contributed by atoms with Crippen LogP contribution in [0.25, 0.3) is 10.9 Å². The van der Waals surface area contributed by atoms with Gasteiger partial charge in [-0.05, 0) is 31.1 Å². The molecule has 2 atom stereocenters. The van der Waals surface area contributed by atoms with Crippen LogP contribution < -0.4 is 0 Å². The summed E-state index contributed by atoms with van der Waals surface area (Å²) in [6.07, 6.45) is 1.09. The van der Waals surface area contributed by atoms with Crippen LogP contribution in [0.3, 0.4) is 0 Å². The Kier molecular flexibility index (Phi) is 3.66. The zero-order valence-electron chi connectivity index (χ0n) is 10.5. The van der Waals surface area contributed by atoms with Crippen LogP contribution in [0, 0.1) is 5.92 Å². The molecule has 1 aromatic heterocycles. The van der Waals surface area contributed by atoms with E-state index in [-0.39, 0.29) is 0 Å². The lowest BCUT2D eigenvalue weighted by molar-refractivity contribution is 0.588. The van der Waals surface area contributed by atoms with Crippen LogP contribution in [0.1, 0.15) is 12.6 Å². The third-order valence-corrected chi connectivity index (χ3v) is 6.37. The first-order chi connectivity index (χ1) is 8.79. The summed E-state index contributed by atoms with van der Waals surface area (Å²) in [5.74, 6) is 3.21. The Balaban J connectivity index is 1.96. The fourth-order valence-electron chi connectivity index (χ4n) is 2.60. The second-order valence-electron chi connectivity index (χ2n) is 4.80. The Bertz CT molecular complexity index is 552. The first-order valence-corrected chi connectivity index (χ1v) is 8.53. The molecule has 2 unspecified atom stereocenters. The topological polar surface area (TPSA) is 17.8 Å². The first-order valence-electron chi connectivity index (χ1n) is 6.46. The van der Waals surface area contributed by atoms with Crippen LogP contribution in [0.2, 0.25) is 0 Å². The molecule has 0 N–H and O–H groups in total. The smallest absolute Gasteiger partial charge is 0.0706 e. The Morgan fingerprint density at radius 1 is 1.39 bits per heavy atom.